The highest BCUT2D eigenvalue weighted by molar-refractivity contribution is 5.85. The average Bonchev–Trinajstić information content (AvgIpc) is 2.33. The fourth-order valence-electron chi connectivity index (χ4n) is 2.77. The van der Waals surface area contributed by atoms with E-state index in [0.29, 0.717) is 12.5 Å². The van der Waals surface area contributed by atoms with E-state index >= 15 is 0 Å². The summed E-state index contributed by atoms with van der Waals surface area (Å²) in [6, 6.07) is 0.112. The fraction of sp³-hybridized carbons (Fsp3) is 0.857. The lowest BCUT2D eigenvalue weighted by molar-refractivity contribution is -0.142. The monoisotopic (exact) mass is 269 g/mol. The van der Waals surface area contributed by atoms with Crippen LogP contribution in [0.4, 0.5) is 0 Å². The number of rotatable bonds is 4. The molecule has 5 heteroatoms. The van der Waals surface area contributed by atoms with Gasteiger partial charge in [0.25, 0.3) is 0 Å². The average molecular weight is 269 g/mol. The number of carbonyl (C=O) groups is 2. The second-order valence-electron chi connectivity index (χ2n) is 5.91. The molecule has 1 aliphatic rings. The van der Waals surface area contributed by atoms with Crippen molar-refractivity contribution in [2.45, 2.75) is 39.2 Å². The van der Waals surface area contributed by atoms with Gasteiger partial charge in [-0.2, -0.15) is 0 Å². The largest absolute Gasteiger partial charge is 0.347 e. The molecule has 0 saturated heterocycles. The van der Waals surface area contributed by atoms with Crippen LogP contribution in [0.25, 0.3) is 0 Å². The van der Waals surface area contributed by atoms with Crippen molar-refractivity contribution in [3.8, 4) is 0 Å². The lowest BCUT2D eigenvalue weighted by atomic mass is 9.79. The highest BCUT2D eigenvalue weighted by Gasteiger charge is 2.32. The van der Waals surface area contributed by atoms with Gasteiger partial charge in [-0.15, -0.1) is 0 Å². The molecular formula is C14H27N3O2. The van der Waals surface area contributed by atoms with Crippen LogP contribution in [0.3, 0.4) is 0 Å². The normalized spacial score (nSPS) is 26.9. The van der Waals surface area contributed by atoms with Gasteiger partial charge in [-0.3, -0.25) is 9.59 Å². The maximum atomic E-state index is 12.5. The summed E-state index contributed by atoms with van der Waals surface area (Å²) in [5, 5.41) is 0. The summed E-state index contributed by atoms with van der Waals surface area (Å²) in [4.78, 5) is 27.4. The highest BCUT2D eigenvalue weighted by Crippen LogP contribution is 2.29. The zero-order chi connectivity index (χ0) is 14.6. The van der Waals surface area contributed by atoms with Crippen LogP contribution in [0, 0.1) is 11.8 Å². The van der Waals surface area contributed by atoms with Gasteiger partial charge < -0.3 is 15.5 Å². The molecule has 110 valence electrons. The summed E-state index contributed by atoms with van der Waals surface area (Å²) in [7, 11) is 3.42. The highest BCUT2D eigenvalue weighted by atomic mass is 16.2. The topological polar surface area (TPSA) is 66.6 Å². The van der Waals surface area contributed by atoms with E-state index in [1.807, 2.05) is 6.92 Å². The van der Waals surface area contributed by atoms with E-state index in [0.717, 1.165) is 19.3 Å². The summed E-state index contributed by atoms with van der Waals surface area (Å²) in [6.45, 7) is 4.79. The molecule has 2 N–H and O–H groups in total. The molecule has 0 aliphatic heterocycles. The first-order chi connectivity index (χ1) is 8.85. The first-order valence-electron chi connectivity index (χ1n) is 7.09. The second kappa shape index (κ2) is 6.89. The van der Waals surface area contributed by atoms with Crippen LogP contribution in [0.1, 0.15) is 33.1 Å². The Morgan fingerprint density at radius 3 is 2.32 bits per heavy atom. The van der Waals surface area contributed by atoms with Crippen LogP contribution in [-0.4, -0.2) is 54.8 Å². The lowest BCUT2D eigenvalue weighted by Crippen LogP contribution is -2.46. The van der Waals surface area contributed by atoms with E-state index in [4.69, 9.17) is 5.73 Å². The van der Waals surface area contributed by atoms with Crippen molar-refractivity contribution in [2.24, 2.45) is 17.6 Å². The maximum absolute atomic E-state index is 12.5. The van der Waals surface area contributed by atoms with Gasteiger partial charge in [0, 0.05) is 32.6 Å². The molecule has 2 amide bonds. The summed E-state index contributed by atoms with van der Waals surface area (Å²) in [5.74, 6) is 0.512. The molecule has 1 fully saturated rings. The Hall–Kier alpha value is -1.10. The number of amides is 2. The molecule has 3 atom stereocenters. The molecule has 0 radical (unpaired) electrons. The van der Waals surface area contributed by atoms with Crippen molar-refractivity contribution in [3.63, 3.8) is 0 Å². The number of hydrogen-bond donors (Lipinski definition) is 1. The van der Waals surface area contributed by atoms with E-state index in [1.54, 1.807) is 19.0 Å². The van der Waals surface area contributed by atoms with Gasteiger partial charge >= 0.3 is 0 Å². The lowest BCUT2D eigenvalue weighted by Gasteiger charge is -2.34. The van der Waals surface area contributed by atoms with Crippen molar-refractivity contribution in [1.82, 2.24) is 9.80 Å². The van der Waals surface area contributed by atoms with Crippen molar-refractivity contribution >= 4 is 11.8 Å². The Labute approximate surface area is 116 Å². The predicted octanol–water partition coefficient (Wildman–Crippen LogP) is 0.687. The Balaban J connectivity index is 2.65. The second-order valence-corrected chi connectivity index (χ2v) is 5.91. The van der Waals surface area contributed by atoms with Crippen molar-refractivity contribution in [3.05, 3.63) is 0 Å². The molecule has 5 nitrogen and oxygen atoms in total. The smallest absolute Gasteiger partial charge is 0.241 e. The third kappa shape index (κ3) is 4.49. The molecule has 0 spiro atoms. The molecule has 19 heavy (non-hydrogen) atoms. The summed E-state index contributed by atoms with van der Waals surface area (Å²) < 4.78 is 0. The molecule has 1 aliphatic carbocycles. The quantitative estimate of drug-likeness (QED) is 0.816. The molecule has 0 heterocycles. The fourth-order valence-corrected chi connectivity index (χ4v) is 2.77. The third-order valence-corrected chi connectivity index (χ3v) is 3.85. The number of hydrogen-bond acceptors (Lipinski definition) is 3. The summed E-state index contributed by atoms with van der Waals surface area (Å²) in [6.07, 6.45) is 2.63. The minimum absolute atomic E-state index is 0.0198. The molecular weight excluding hydrogens is 242 g/mol. The first kappa shape index (κ1) is 16.0. The Bertz CT molecular complexity index is 321. The standard InChI is InChI=1S/C14H27N3O2/c1-5-17(9-13(18)16(3)4)14(19)11-6-10(2)7-12(15)8-11/h10-12H,5-9,15H2,1-4H3. The molecule has 3 unspecified atom stereocenters. The Morgan fingerprint density at radius 1 is 1.21 bits per heavy atom. The van der Waals surface area contributed by atoms with E-state index in [2.05, 4.69) is 6.92 Å². The minimum atomic E-state index is -0.0386. The van der Waals surface area contributed by atoms with Gasteiger partial charge in [-0.05, 0) is 32.1 Å². The zero-order valence-electron chi connectivity index (χ0n) is 12.6. The Kier molecular flexibility index (Phi) is 5.79. The van der Waals surface area contributed by atoms with E-state index in [-0.39, 0.29) is 30.3 Å². The number of carbonyl (C=O) groups excluding carboxylic acids is 2. The van der Waals surface area contributed by atoms with Gasteiger partial charge in [-0.1, -0.05) is 6.92 Å². The summed E-state index contributed by atoms with van der Waals surface area (Å²) in [5.41, 5.74) is 6.00. The number of nitrogens with zero attached hydrogens (tertiary/aromatic N) is 2. The first-order valence-corrected chi connectivity index (χ1v) is 7.09. The molecule has 0 aromatic carbocycles. The molecule has 1 rings (SSSR count). The minimum Gasteiger partial charge on any atom is -0.347 e. The Morgan fingerprint density at radius 2 is 1.84 bits per heavy atom. The van der Waals surface area contributed by atoms with Gasteiger partial charge in [0.1, 0.15) is 0 Å². The van der Waals surface area contributed by atoms with E-state index in [1.165, 1.54) is 4.90 Å². The molecule has 0 bridgehead atoms. The van der Waals surface area contributed by atoms with Crippen molar-refractivity contribution in [2.75, 3.05) is 27.2 Å². The predicted molar refractivity (Wildman–Crippen MR) is 75.4 cm³/mol. The van der Waals surface area contributed by atoms with Crippen LogP contribution in [0.2, 0.25) is 0 Å². The van der Waals surface area contributed by atoms with Crippen LogP contribution < -0.4 is 5.73 Å². The zero-order valence-corrected chi connectivity index (χ0v) is 12.6. The summed E-state index contributed by atoms with van der Waals surface area (Å²) >= 11 is 0. The van der Waals surface area contributed by atoms with E-state index in [9.17, 15) is 9.59 Å². The van der Waals surface area contributed by atoms with Gasteiger partial charge in [0.05, 0.1) is 6.54 Å². The molecule has 0 aromatic heterocycles. The van der Waals surface area contributed by atoms with Gasteiger partial charge in [-0.25, -0.2) is 0 Å². The van der Waals surface area contributed by atoms with Crippen molar-refractivity contribution < 1.29 is 9.59 Å². The molecule has 0 aromatic rings. The maximum Gasteiger partial charge on any atom is 0.241 e. The SMILES string of the molecule is CCN(CC(=O)N(C)C)C(=O)C1CC(C)CC(N)C1. The molecule has 1 saturated carbocycles. The van der Waals surface area contributed by atoms with Crippen LogP contribution in [0.5, 0.6) is 0 Å². The third-order valence-electron chi connectivity index (χ3n) is 3.85. The number of nitrogens with two attached hydrogens (primary N) is 1. The van der Waals surface area contributed by atoms with Gasteiger partial charge in [0.15, 0.2) is 0 Å². The number of likely N-dealkylation sites (N-methyl/N-ethyl adjacent to an activating group) is 2. The van der Waals surface area contributed by atoms with Crippen LogP contribution in [0.15, 0.2) is 0 Å². The van der Waals surface area contributed by atoms with Gasteiger partial charge in [0.2, 0.25) is 11.8 Å². The van der Waals surface area contributed by atoms with Crippen LogP contribution >= 0.6 is 0 Å². The van der Waals surface area contributed by atoms with E-state index < -0.39 is 0 Å². The van der Waals surface area contributed by atoms with Crippen LogP contribution in [-0.2, 0) is 9.59 Å². The van der Waals surface area contributed by atoms with Crippen molar-refractivity contribution in [1.29, 1.82) is 0 Å².